The van der Waals surface area contributed by atoms with Gasteiger partial charge in [0.2, 0.25) is 0 Å². The summed E-state index contributed by atoms with van der Waals surface area (Å²) < 4.78 is 5.59. The van der Waals surface area contributed by atoms with E-state index in [1.54, 1.807) is 6.92 Å². The predicted octanol–water partition coefficient (Wildman–Crippen LogP) is 3.12. The fraction of sp³-hybridized carbons (Fsp3) is 0.400. The van der Waals surface area contributed by atoms with Gasteiger partial charge in [0.1, 0.15) is 0 Å². The van der Waals surface area contributed by atoms with Crippen molar-refractivity contribution in [3.63, 3.8) is 0 Å². The van der Waals surface area contributed by atoms with E-state index in [1.807, 2.05) is 37.3 Å². The number of carboxylic acids is 1. The quantitative estimate of drug-likeness (QED) is 0.754. The summed E-state index contributed by atoms with van der Waals surface area (Å²) in [5, 5.41) is 9.02. The molecule has 0 aliphatic rings. The van der Waals surface area contributed by atoms with Crippen molar-refractivity contribution in [3.05, 3.63) is 48.0 Å². The number of carboxylic acid groups (broad SMARTS) is 1. The van der Waals surface area contributed by atoms with Crippen molar-refractivity contribution in [3.8, 4) is 0 Å². The van der Waals surface area contributed by atoms with E-state index >= 15 is 0 Å². The van der Waals surface area contributed by atoms with Crippen molar-refractivity contribution in [1.29, 1.82) is 0 Å². The summed E-state index contributed by atoms with van der Waals surface area (Å²) in [7, 11) is 0. The lowest BCUT2D eigenvalue weighted by molar-refractivity contribution is -0.143. The number of ether oxygens (including phenoxy) is 1. The number of hydrogen-bond acceptors (Lipinski definition) is 2. The maximum atomic E-state index is 11.0. The molecule has 1 aromatic rings. The van der Waals surface area contributed by atoms with Gasteiger partial charge < -0.3 is 9.84 Å². The first-order chi connectivity index (χ1) is 8.52. The van der Waals surface area contributed by atoms with Gasteiger partial charge in [0.15, 0.2) is 0 Å². The van der Waals surface area contributed by atoms with Crippen molar-refractivity contribution in [2.45, 2.75) is 20.5 Å². The average molecular weight is 248 g/mol. The van der Waals surface area contributed by atoms with E-state index in [0.29, 0.717) is 13.2 Å². The standard InChI is InChI=1S/C15H20O3/c1-11(2)14(12(3)15(16)17)10-18-9-13-7-5-4-6-8-13/h4-8,12,14H,1,9-10H2,2-3H3,(H,16,17)/t12-,14-/m0/s1. The summed E-state index contributed by atoms with van der Waals surface area (Å²) in [6, 6.07) is 9.82. The maximum Gasteiger partial charge on any atom is 0.306 e. The Morgan fingerprint density at radius 2 is 2.00 bits per heavy atom. The molecule has 0 aliphatic carbocycles. The summed E-state index contributed by atoms with van der Waals surface area (Å²) >= 11 is 0. The summed E-state index contributed by atoms with van der Waals surface area (Å²) in [6.45, 7) is 8.26. The Labute approximate surface area is 108 Å². The molecular weight excluding hydrogens is 228 g/mol. The molecule has 0 bridgehead atoms. The normalized spacial score (nSPS) is 13.9. The predicted molar refractivity (Wildman–Crippen MR) is 71.2 cm³/mol. The van der Waals surface area contributed by atoms with E-state index in [-0.39, 0.29) is 5.92 Å². The molecule has 0 heterocycles. The van der Waals surface area contributed by atoms with E-state index in [1.165, 1.54) is 0 Å². The zero-order valence-electron chi connectivity index (χ0n) is 10.9. The zero-order chi connectivity index (χ0) is 13.5. The third kappa shape index (κ3) is 4.34. The number of aliphatic carboxylic acids is 1. The molecule has 2 atom stereocenters. The molecule has 0 aliphatic heterocycles. The molecule has 0 fully saturated rings. The van der Waals surface area contributed by atoms with Crippen LogP contribution in [0.5, 0.6) is 0 Å². The molecule has 1 N–H and O–H groups in total. The lowest BCUT2D eigenvalue weighted by Crippen LogP contribution is -2.25. The van der Waals surface area contributed by atoms with E-state index in [4.69, 9.17) is 9.84 Å². The monoisotopic (exact) mass is 248 g/mol. The lowest BCUT2D eigenvalue weighted by Gasteiger charge is -2.21. The van der Waals surface area contributed by atoms with Crippen LogP contribution in [0.3, 0.4) is 0 Å². The Bertz CT molecular complexity index is 397. The highest BCUT2D eigenvalue weighted by atomic mass is 16.5. The van der Waals surface area contributed by atoms with Crippen LogP contribution in [-0.4, -0.2) is 17.7 Å². The van der Waals surface area contributed by atoms with E-state index in [2.05, 4.69) is 6.58 Å². The highest BCUT2D eigenvalue weighted by molar-refractivity contribution is 5.70. The first-order valence-electron chi connectivity index (χ1n) is 6.02. The van der Waals surface area contributed by atoms with Gasteiger partial charge in [-0.25, -0.2) is 0 Å². The first kappa shape index (κ1) is 14.5. The molecule has 0 unspecified atom stereocenters. The second-order valence-electron chi connectivity index (χ2n) is 4.58. The average Bonchev–Trinajstić information content (AvgIpc) is 2.34. The molecule has 0 saturated carbocycles. The number of rotatable bonds is 7. The van der Waals surface area contributed by atoms with Gasteiger partial charge in [-0.2, -0.15) is 0 Å². The van der Waals surface area contributed by atoms with E-state index < -0.39 is 11.9 Å². The molecule has 3 heteroatoms. The van der Waals surface area contributed by atoms with E-state index in [9.17, 15) is 4.79 Å². The van der Waals surface area contributed by atoms with Crippen LogP contribution in [0.2, 0.25) is 0 Å². The minimum atomic E-state index is -0.814. The van der Waals surface area contributed by atoms with Gasteiger partial charge in [-0.3, -0.25) is 4.79 Å². The molecule has 0 radical (unpaired) electrons. The number of carbonyl (C=O) groups is 1. The summed E-state index contributed by atoms with van der Waals surface area (Å²) in [5.74, 6) is -1.43. The summed E-state index contributed by atoms with van der Waals surface area (Å²) in [6.07, 6.45) is 0. The van der Waals surface area contributed by atoms with Crippen LogP contribution in [-0.2, 0) is 16.1 Å². The smallest absolute Gasteiger partial charge is 0.306 e. The summed E-state index contributed by atoms with van der Waals surface area (Å²) in [4.78, 5) is 11.0. The largest absolute Gasteiger partial charge is 0.481 e. The van der Waals surface area contributed by atoms with Crippen LogP contribution >= 0.6 is 0 Å². The minimum absolute atomic E-state index is 0.147. The van der Waals surface area contributed by atoms with Gasteiger partial charge in [0, 0.05) is 5.92 Å². The van der Waals surface area contributed by atoms with Crippen molar-refractivity contribution in [2.24, 2.45) is 11.8 Å². The molecule has 0 amide bonds. The zero-order valence-corrected chi connectivity index (χ0v) is 10.9. The molecule has 18 heavy (non-hydrogen) atoms. The Morgan fingerprint density at radius 1 is 1.39 bits per heavy atom. The lowest BCUT2D eigenvalue weighted by atomic mass is 9.89. The maximum absolute atomic E-state index is 11.0. The fourth-order valence-corrected chi connectivity index (χ4v) is 1.76. The van der Waals surface area contributed by atoms with Crippen LogP contribution in [0.25, 0.3) is 0 Å². The van der Waals surface area contributed by atoms with Crippen LogP contribution in [0.1, 0.15) is 19.4 Å². The Hall–Kier alpha value is -1.61. The van der Waals surface area contributed by atoms with Gasteiger partial charge in [0.05, 0.1) is 19.1 Å². The second-order valence-corrected chi connectivity index (χ2v) is 4.58. The van der Waals surface area contributed by atoms with Crippen molar-refractivity contribution < 1.29 is 14.6 Å². The Balaban J connectivity index is 2.48. The molecule has 1 aromatic carbocycles. The number of benzene rings is 1. The molecule has 1 rings (SSSR count). The van der Waals surface area contributed by atoms with Crippen molar-refractivity contribution in [2.75, 3.05) is 6.61 Å². The third-order valence-electron chi connectivity index (χ3n) is 3.04. The Kier molecular flexibility index (Phi) is 5.59. The van der Waals surface area contributed by atoms with E-state index in [0.717, 1.165) is 11.1 Å². The molecule has 98 valence electrons. The van der Waals surface area contributed by atoms with Gasteiger partial charge in [0.25, 0.3) is 0 Å². The van der Waals surface area contributed by atoms with Crippen molar-refractivity contribution in [1.82, 2.24) is 0 Å². The minimum Gasteiger partial charge on any atom is -0.481 e. The Morgan fingerprint density at radius 3 is 2.50 bits per heavy atom. The van der Waals surface area contributed by atoms with Crippen LogP contribution in [0.4, 0.5) is 0 Å². The third-order valence-corrected chi connectivity index (χ3v) is 3.04. The molecule has 0 aromatic heterocycles. The molecule has 3 nitrogen and oxygen atoms in total. The van der Waals surface area contributed by atoms with Crippen molar-refractivity contribution >= 4 is 5.97 Å². The molecule has 0 spiro atoms. The second kappa shape index (κ2) is 6.97. The molecule has 0 saturated heterocycles. The van der Waals surface area contributed by atoms with Gasteiger partial charge in [-0.1, -0.05) is 49.4 Å². The highest BCUT2D eigenvalue weighted by Gasteiger charge is 2.24. The SMILES string of the molecule is C=C(C)[C@H](COCc1ccccc1)[C@H](C)C(=O)O. The fourth-order valence-electron chi connectivity index (χ4n) is 1.76. The summed E-state index contributed by atoms with van der Waals surface area (Å²) in [5.41, 5.74) is 1.93. The molecular formula is C15H20O3. The topological polar surface area (TPSA) is 46.5 Å². The number of hydrogen-bond donors (Lipinski definition) is 1. The van der Waals surface area contributed by atoms with Gasteiger partial charge in [-0.05, 0) is 12.5 Å². The van der Waals surface area contributed by atoms with Gasteiger partial charge in [-0.15, -0.1) is 0 Å². The van der Waals surface area contributed by atoms with Gasteiger partial charge >= 0.3 is 5.97 Å². The van der Waals surface area contributed by atoms with Crippen LogP contribution < -0.4 is 0 Å². The van der Waals surface area contributed by atoms with Crippen LogP contribution in [0.15, 0.2) is 42.5 Å². The van der Waals surface area contributed by atoms with Crippen LogP contribution in [0, 0.1) is 11.8 Å². The first-order valence-corrected chi connectivity index (χ1v) is 6.02. The highest BCUT2D eigenvalue weighted by Crippen LogP contribution is 2.20.